The van der Waals surface area contributed by atoms with Gasteiger partial charge in [0.2, 0.25) is 0 Å². The van der Waals surface area contributed by atoms with Crippen molar-refractivity contribution in [2.24, 2.45) is 0 Å². The lowest BCUT2D eigenvalue weighted by Crippen LogP contribution is -2.11. The monoisotopic (exact) mass is 354 g/mol. The van der Waals surface area contributed by atoms with E-state index in [-0.39, 0.29) is 5.41 Å². The van der Waals surface area contributed by atoms with Crippen molar-refractivity contribution in [3.63, 3.8) is 0 Å². The molecule has 1 aromatic rings. The Balaban J connectivity index is 3.32. The molecule has 0 saturated heterocycles. The van der Waals surface area contributed by atoms with Gasteiger partial charge in [-0.25, -0.2) is 0 Å². The normalized spacial score (nSPS) is 11.8. The molecule has 0 aliphatic heterocycles. The number of hydrogen-bond donors (Lipinski definition) is 1. The molecule has 0 atom stereocenters. The van der Waals surface area contributed by atoms with Gasteiger partial charge in [-0.05, 0) is 45.7 Å². The lowest BCUT2D eigenvalue weighted by atomic mass is 9.87. The summed E-state index contributed by atoms with van der Waals surface area (Å²) in [7, 11) is 0. The highest BCUT2D eigenvalue weighted by atomic mass is 127. The van der Waals surface area contributed by atoms with Crippen LogP contribution in [0.1, 0.15) is 26.3 Å². The van der Waals surface area contributed by atoms with E-state index >= 15 is 0 Å². The zero-order valence-electron chi connectivity index (χ0n) is 7.86. The number of halogens is 2. The molecule has 0 aliphatic carbocycles. The highest BCUT2D eigenvalue weighted by Crippen LogP contribution is 2.34. The van der Waals surface area contributed by atoms with E-state index in [2.05, 4.69) is 59.3 Å². The van der Waals surface area contributed by atoms with Crippen LogP contribution in [-0.2, 0) is 5.41 Å². The van der Waals surface area contributed by atoms with E-state index in [0.717, 1.165) is 13.6 Å². The van der Waals surface area contributed by atoms with Crippen LogP contribution in [0.15, 0.2) is 16.6 Å². The van der Waals surface area contributed by atoms with Crippen molar-refractivity contribution in [1.29, 1.82) is 0 Å². The number of aromatic hydroxyl groups is 1. The number of hydrogen-bond acceptors (Lipinski definition) is 1. The summed E-state index contributed by atoms with van der Waals surface area (Å²) in [6.07, 6.45) is 0. The average molecular weight is 355 g/mol. The second kappa shape index (κ2) is 3.77. The van der Waals surface area contributed by atoms with Gasteiger partial charge in [-0.3, -0.25) is 0 Å². The summed E-state index contributed by atoms with van der Waals surface area (Å²) in [5, 5.41) is 9.56. The van der Waals surface area contributed by atoms with Crippen LogP contribution in [0, 0.1) is 3.57 Å². The van der Waals surface area contributed by atoms with E-state index < -0.39 is 0 Å². The van der Waals surface area contributed by atoms with Crippen LogP contribution in [0.4, 0.5) is 0 Å². The fourth-order valence-electron chi connectivity index (χ4n) is 1.11. The smallest absolute Gasteiger partial charge is 0.129 e. The second-order valence-electron chi connectivity index (χ2n) is 4.03. The summed E-state index contributed by atoms with van der Waals surface area (Å²) in [5.41, 5.74) is 1.19. The molecule has 0 bridgehead atoms. The Bertz CT molecular complexity index is 328. The number of rotatable bonds is 0. The first kappa shape index (κ1) is 11.3. The second-order valence-corrected chi connectivity index (χ2v) is 6.05. The number of benzene rings is 1. The Labute approximate surface area is 101 Å². The van der Waals surface area contributed by atoms with Crippen LogP contribution in [0.2, 0.25) is 0 Å². The molecule has 0 amide bonds. The topological polar surface area (TPSA) is 20.2 Å². The van der Waals surface area contributed by atoms with Crippen molar-refractivity contribution in [2.45, 2.75) is 26.2 Å². The fourth-order valence-corrected chi connectivity index (χ4v) is 2.95. The Morgan fingerprint density at radius 2 is 1.85 bits per heavy atom. The van der Waals surface area contributed by atoms with Gasteiger partial charge in [-0.1, -0.05) is 36.7 Å². The van der Waals surface area contributed by atoms with Crippen molar-refractivity contribution < 1.29 is 5.11 Å². The van der Waals surface area contributed by atoms with Gasteiger partial charge in [-0.15, -0.1) is 0 Å². The lowest BCUT2D eigenvalue weighted by Gasteiger charge is -2.21. The zero-order chi connectivity index (χ0) is 10.2. The molecule has 0 heterocycles. The summed E-state index contributed by atoms with van der Waals surface area (Å²) in [5.74, 6) is 0.355. The molecule has 0 aliphatic rings. The maximum atomic E-state index is 9.56. The SMILES string of the molecule is CC(C)(C)c1cc(O)c(I)cc1Br. The summed E-state index contributed by atoms with van der Waals surface area (Å²) in [6.45, 7) is 6.37. The molecule has 0 saturated carbocycles. The van der Waals surface area contributed by atoms with E-state index in [1.54, 1.807) is 0 Å². The Hall–Kier alpha value is 0.230. The van der Waals surface area contributed by atoms with E-state index in [9.17, 15) is 5.11 Å². The van der Waals surface area contributed by atoms with E-state index in [4.69, 9.17) is 0 Å². The van der Waals surface area contributed by atoms with Crippen LogP contribution in [0.3, 0.4) is 0 Å². The molecule has 1 aromatic carbocycles. The molecule has 3 heteroatoms. The molecular weight excluding hydrogens is 343 g/mol. The van der Waals surface area contributed by atoms with Crippen LogP contribution < -0.4 is 0 Å². The Morgan fingerprint density at radius 1 is 1.31 bits per heavy atom. The maximum Gasteiger partial charge on any atom is 0.129 e. The Kier molecular flexibility index (Phi) is 3.28. The minimum Gasteiger partial charge on any atom is -0.507 e. The van der Waals surface area contributed by atoms with Crippen molar-refractivity contribution >= 4 is 38.5 Å². The number of phenolic OH excluding ortho intramolecular Hbond substituents is 1. The van der Waals surface area contributed by atoms with E-state index in [1.807, 2.05) is 12.1 Å². The third-order valence-corrected chi connectivity index (χ3v) is 3.36. The molecule has 0 unspecified atom stereocenters. The van der Waals surface area contributed by atoms with Crippen LogP contribution in [0.5, 0.6) is 5.75 Å². The van der Waals surface area contributed by atoms with Gasteiger partial charge in [0.15, 0.2) is 0 Å². The van der Waals surface area contributed by atoms with Crippen molar-refractivity contribution in [2.75, 3.05) is 0 Å². The van der Waals surface area contributed by atoms with Crippen LogP contribution in [0.25, 0.3) is 0 Å². The minimum absolute atomic E-state index is 0.0562. The predicted octanol–water partition coefficient (Wildman–Crippen LogP) is 4.06. The molecule has 1 rings (SSSR count). The van der Waals surface area contributed by atoms with Gasteiger partial charge in [0.25, 0.3) is 0 Å². The van der Waals surface area contributed by atoms with Crippen molar-refractivity contribution in [3.05, 3.63) is 25.7 Å². The maximum absolute atomic E-state index is 9.56. The molecular formula is C10H12BrIO. The first-order valence-corrected chi connectivity index (χ1v) is 5.88. The molecule has 1 N–H and O–H groups in total. The molecule has 0 spiro atoms. The van der Waals surface area contributed by atoms with E-state index in [1.165, 1.54) is 0 Å². The standard InChI is InChI=1S/C10H12BrIO/c1-10(2,3)6-4-9(13)8(12)5-7(6)11/h4-5,13H,1-3H3. The summed E-state index contributed by atoms with van der Waals surface area (Å²) >= 11 is 5.62. The molecule has 72 valence electrons. The predicted molar refractivity (Wildman–Crippen MR) is 67.2 cm³/mol. The van der Waals surface area contributed by atoms with E-state index in [0.29, 0.717) is 5.75 Å². The van der Waals surface area contributed by atoms with Gasteiger partial charge in [0.1, 0.15) is 5.75 Å². The molecule has 13 heavy (non-hydrogen) atoms. The highest BCUT2D eigenvalue weighted by Gasteiger charge is 2.18. The van der Waals surface area contributed by atoms with Crippen LogP contribution in [-0.4, -0.2) is 5.11 Å². The van der Waals surface area contributed by atoms with Gasteiger partial charge in [-0.2, -0.15) is 0 Å². The van der Waals surface area contributed by atoms with Crippen LogP contribution >= 0.6 is 38.5 Å². The largest absolute Gasteiger partial charge is 0.507 e. The fraction of sp³-hybridized carbons (Fsp3) is 0.400. The third kappa shape index (κ3) is 2.59. The summed E-state index contributed by atoms with van der Waals surface area (Å²) in [4.78, 5) is 0. The van der Waals surface area contributed by atoms with Gasteiger partial charge >= 0.3 is 0 Å². The summed E-state index contributed by atoms with van der Waals surface area (Å²) < 4.78 is 1.93. The zero-order valence-corrected chi connectivity index (χ0v) is 11.6. The first-order valence-electron chi connectivity index (χ1n) is 4.01. The first-order chi connectivity index (χ1) is 5.82. The molecule has 0 aromatic heterocycles. The average Bonchev–Trinajstić information content (AvgIpc) is 1.94. The summed E-state index contributed by atoms with van der Waals surface area (Å²) in [6, 6.07) is 3.77. The number of phenols is 1. The van der Waals surface area contributed by atoms with Gasteiger partial charge < -0.3 is 5.11 Å². The lowest BCUT2D eigenvalue weighted by molar-refractivity contribution is 0.467. The molecule has 0 fully saturated rings. The third-order valence-electron chi connectivity index (χ3n) is 1.84. The van der Waals surface area contributed by atoms with Gasteiger partial charge in [0.05, 0.1) is 3.57 Å². The molecule has 1 nitrogen and oxygen atoms in total. The minimum atomic E-state index is 0.0562. The molecule has 0 radical (unpaired) electrons. The Morgan fingerprint density at radius 3 is 2.31 bits per heavy atom. The van der Waals surface area contributed by atoms with Crippen molar-refractivity contribution in [1.82, 2.24) is 0 Å². The highest BCUT2D eigenvalue weighted by molar-refractivity contribution is 14.1. The van der Waals surface area contributed by atoms with Gasteiger partial charge in [0, 0.05) is 4.47 Å². The van der Waals surface area contributed by atoms with Crippen molar-refractivity contribution in [3.8, 4) is 5.75 Å². The quantitative estimate of drug-likeness (QED) is 0.696.